The van der Waals surface area contributed by atoms with Gasteiger partial charge in [-0.25, -0.2) is 0 Å². The highest BCUT2D eigenvalue weighted by atomic mass is 35.5. The van der Waals surface area contributed by atoms with E-state index >= 15 is 0 Å². The van der Waals surface area contributed by atoms with Crippen LogP contribution in [0.5, 0.6) is 0 Å². The first kappa shape index (κ1) is 14.5. The quantitative estimate of drug-likeness (QED) is 0.762. The van der Waals surface area contributed by atoms with Crippen LogP contribution in [0.3, 0.4) is 0 Å². The molecule has 96 valence electrons. The molecule has 0 amide bonds. The first-order valence-corrected chi connectivity index (χ1v) is 6.07. The normalized spacial score (nSPS) is 13.0. The Morgan fingerprint density at radius 3 is 2.59 bits per heavy atom. The smallest absolute Gasteiger partial charge is 0.169 e. The monoisotopic (exact) mass is 257 g/mol. The topological polar surface area (TPSA) is 30.5 Å². The minimum atomic E-state index is -0.197. The van der Waals surface area contributed by atoms with Gasteiger partial charge in [-0.1, -0.05) is 23.7 Å². The van der Waals surface area contributed by atoms with Gasteiger partial charge in [-0.05, 0) is 31.0 Å². The third kappa shape index (κ3) is 5.50. The Bertz CT molecular complexity index is 329. The SMILES string of the molecule is COC(CNC(C)Cc1cccc(Cl)c1)OC. The standard InChI is InChI=1S/C13H20ClNO2/c1-10(15-9-13(16-2)17-3)7-11-5-4-6-12(14)8-11/h4-6,8,10,13,15H,7,9H2,1-3H3. The van der Waals surface area contributed by atoms with E-state index in [-0.39, 0.29) is 6.29 Å². The molecule has 0 bridgehead atoms. The largest absolute Gasteiger partial charge is 0.355 e. The summed E-state index contributed by atoms with van der Waals surface area (Å²) in [6.07, 6.45) is 0.734. The molecule has 0 aliphatic rings. The summed E-state index contributed by atoms with van der Waals surface area (Å²) < 4.78 is 10.2. The minimum absolute atomic E-state index is 0.197. The van der Waals surface area contributed by atoms with Crippen molar-refractivity contribution in [3.63, 3.8) is 0 Å². The molecule has 1 rings (SSSR count). The van der Waals surface area contributed by atoms with Gasteiger partial charge in [0.2, 0.25) is 0 Å². The van der Waals surface area contributed by atoms with Gasteiger partial charge in [0.25, 0.3) is 0 Å². The van der Waals surface area contributed by atoms with Gasteiger partial charge in [0.05, 0.1) is 0 Å². The maximum Gasteiger partial charge on any atom is 0.169 e. The third-order valence-corrected chi connectivity index (χ3v) is 2.82. The Morgan fingerprint density at radius 1 is 1.29 bits per heavy atom. The fraction of sp³-hybridized carbons (Fsp3) is 0.538. The summed E-state index contributed by atoms with van der Waals surface area (Å²) in [6, 6.07) is 8.27. The number of hydrogen-bond donors (Lipinski definition) is 1. The lowest BCUT2D eigenvalue weighted by Gasteiger charge is -2.18. The Hall–Kier alpha value is -0.610. The van der Waals surface area contributed by atoms with Crippen molar-refractivity contribution in [2.24, 2.45) is 0 Å². The fourth-order valence-electron chi connectivity index (χ4n) is 1.65. The molecular weight excluding hydrogens is 238 g/mol. The second-order valence-electron chi connectivity index (χ2n) is 4.04. The molecule has 4 heteroatoms. The van der Waals surface area contributed by atoms with E-state index in [4.69, 9.17) is 21.1 Å². The van der Waals surface area contributed by atoms with E-state index in [9.17, 15) is 0 Å². The van der Waals surface area contributed by atoms with Crippen molar-refractivity contribution in [3.05, 3.63) is 34.9 Å². The molecule has 0 aliphatic heterocycles. The summed E-state index contributed by atoms with van der Waals surface area (Å²) in [5, 5.41) is 4.14. The molecule has 0 spiro atoms. The molecule has 0 fully saturated rings. The van der Waals surface area contributed by atoms with E-state index in [0.717, 1.165) is 11.4 Å². The van der Waals surface area contributed by atoms with Gasteiger partial charge < -0.3 is 14.8 Å². The van der Waals surface area contributed by atoms with Crippen LogP contribution < -0.4 is 5.32 Å². The maximum atomic E-state index is 5.94. The molecule has 1 aromatic carbocycles. The zero-order chi connectivity index (χ0) is 12.7. The second-order valence-corrected chi connectivity index (χ2v) is 4.48. The highest BCUT2D eigenvalue weighted by molar-refractivity contribution is 6.30. The van der Waals surface area contributed by atoms with Crippen molar-refractivity contribution < 1.29 is 9.47 Å². The Balaban J connectivity index is 2.36. The lowest BCUT2D eigenvalue weighted by molar-refractivity contribution is -0.0996. The van der Waals surface area contributed by atoms with Crippen LogP contribution in [-0.4, -0.2) is 33.1 Å². The van der Waals surface area contributed by atoms with Gasteiger partial charge >= 0.3 is 0 Å². The summed E-state index contributed by atoms with van der Waals surface area (Å²) in [5.41, 5.74) is 1.23. The molecule has 0 radical (unpaired) electrons. The van der Waals surface area contributed by atoms with E-state index in [1.165, 1.54) is 5.56 Å². The van der Waals surface area contributed by atoms with Crippen molar-refractivity contribution in [2.45, 2.75) is 25.7 Å². The molecule has 1 atom stereocenters. The van der Waals surface area contributed by atoms with Crippen LogP contribution in [0.4, 0.5) is 0 Å². The molecule has 0 aromatic heterocycles. The highest BCUT2D eigenvalue weighted by Gasteiger charge is 2.08. The molecule has 0 aliphatic carbocycles. The van der Waals surface area contributed by atoms with E-state index in [1.807, 2.05) is 18.2 Å². The molecule has 0 heterocycles. The minimum Gasteiger partial charge on any atom is -0.355 e. The lowest BCUT2D eigenvalue weighted by atomic mass is 10.1. The van der Waals surface area contributed by atoms with Gasteiger partial charge in [-0.15, -0.1) is 0 Å². The molecule has 1 N–H and O–H groups in total. The van der Waals surface area contributed by atoms with Crippen LogP contribution in [0.15, 0.2) is 24.3 Å². The van der Waals surface area contributed by atoms with Crippen LogP contribution in [0, 0.1) is 0 Å². The molecule has 17 heavy (non-hydrogen) atoms. The van der Waals surface area contributed by atoms with Crippen LogP contribution in [0.25, 0.3) is 0 Å². The number of nitrogens with one attached hydrogen (secondary N) is 1. The van der Waals surface area contributed by atoms with E-state index in [0.29, 0.717) is 12.6 Å². The van der Waals surface area contributed by atoms with Crippen molar-refractivity contribution in [2.75, 3.05) is 20.8 Å². The molecule has 3 nitrogen and oxygen atoms in total. The van der Waals surface area contributed by atoms with Crippen LogP contribution in [-0.2, 0) is 15.9 Å². The first-order chi connectivity index (χ1) is 8.15. The fourth-order valence-corrected chi connectivity index (χ4v) is 1.86. The first-order valence-electron chi connectivity index (χ1n) is 5.69. The third-order valence-electron chi connectivity index (χ3n) is 2.59. The van der Waals surface area contributed by atoms with Crippen molar-refractivity contribution in [1.82, 2.24) is 5.32 Å². The summed E-state index contributed by atoms with van der Waals surface area (Å²) in [6.45, 7) is 2.80. The van der Waals surface area contributed by atoms with E-state index in [2.05, 4.69) is 18.3 Å². The van der Waals surface area contributed by atoms with Gasteiger partial charge in [0, 0.05) is 31.8 Å². The Labute approximate surface area is 108 Å². The lowest BCUT2D eigenvalue weighted by Crippen LogP contribution is -2.36. The number of methoxy groups -OCH3 is 2. The summed E-state index contributed by atoms with van der Waals surface area (Å²) >= 11 is 5.94. The van der Waals surface area contributed by atoms with Gasteiger partial charge in [-0.2, -0.15) is 0 Å². The predicted octanol–water partition coefficient (Wildman–Crippen LogP) is 2.48. The van der Waals surface area contributed by atoms with Crippen molar-refractivity contribution in [3.8, 4) is 0 Å². The van der Waals surface area contributed by atoms with Gasteiger partial charge in [0.15, 0.2) is 6.29 Å². The highest BCUT2D eigenvalue weighted by Crippen LogP contribution is 2.12. The maximum absolute atomic E-state index is 5.94. The average Bonchev–Trinajstić information content (AvgIpc) is 2.30. The Kier molecular flexibility index (Phi) is 6.52. The molecule has 1 unspecified atom stereocenters. The molecule has 1 aromatic rings. The molecular formula is C13H20ClNO2. The molecule has 0 saturated heterocycles. The van der Waals surface area contributed by atoms with Gasteiger partial charge in [0.1, 0.15) is 0 Å². The zero-order valence-corrected chi connectivity index (χ0v) is 11.3. The number of ether oxygens (including phenoxy) is 2. The van der Waals surface area contributed by atoms with Crippen LogP contribution >= 0.6 is 11.6 Å². The Morgan fingerprint density at radius 2 is 2.00 bits per heavy atom. The second kappa shape index (κ2) is 7.67. The van der Waals surface area contributed by atoms with Crippen molar-refractivity contribution in [1.29, 1.82) is 0 Å². The summed E-state index contributed by atoms with van der Waals surface area (Å²) in [7, 11) is 3.27. The average molecular weight is 258 g/mol. The van der Waals surface area contributed by atoms with E-state index < -0.39 is 0 Å². The summed E-state index contributed by atoms with van der Waals surface area (Å²) in [5.74, 6) is 0. The van der Waals surface area contributed by atoms with Gasteiger partial charge in [-0.3, -0.25) is 0 Å². The zero-order valence-electron chi connectivity index (χ0n) is 10.6. The molecule has 0 saturated carbocycles. The number of rotatable bonds is 7. The number of hydrogen-bond acceptors (Lipinski definition) is 3. The van der Waals surface area contributed by atoms with E-state index in [1.54, 1.807) is 14.2 Å². The number of halogens is 1. The summed E-state index contributed by atoms with van der Waals surface area (Å²) in [4.78, 5) is 0. The predicted molar refractivity (Wildman–Crippen MR) is 70.4 cm³/mol. The van der Waals surface area contributed by atoms with Crippen molar-refractivity contribution >= 4 is 11.6 Å². The number of benzene rings is 1. The van der Waals surface area contributed by atoms with Crippen LogP contribution in [0.2, 0.25) is 5.02 Å². The van der Waals surface area contributed by atoms with Crippen LogP contribution in [0.1, 0.15) is 12.5 Å².